The van der Waals surface area contributed by atoms with Gasteiger partial charge in [-0.25, -0.2) is 13.4 Å². The predicted molar refractivity (Wildman–Crippen MR) is 65.2 cm³/mol. The Kier molecular flexibility index (Phi) is 2.28. The summed E-state index contributed by atoms with van der Waals surface area (Å²) in [6.07, 6.45) is 4.35. The number of pyridine rings is 1. The fraction of sp³-hybridized carbons (Fsp3) is 0.364. The van der Waals surface area contributed by atoms with Gasteiger partial charge in [-0.3, -0.25) is 9.36 Å². The molecule has 0 amide bonds. The molecule has 7 heteroatoms. The SMILES string of the molecule is CS(=O)(=O)c1ncc2ccc(=O)n(C3CC3)c2n1. The summed E-state index contributed by atoms with van der Waals surface area (Å²) in [7, 11) is -3.47. The first-order chi connectivity index (χ1) is 8.47. The second-order valence-corrected chi connectivity index (χ2v) is 6.39. The quantitative estimate of drug-likeness (QED) is 0.740. The molecule has 2 heterocycles. The Morgan fingerprint density at radius 1 is 1.33 bits per heavy atom. The van der Waals surface area contributed by atoms with Crippen molar-refractivity contribution in [2.24, 2.45) is 0 Å². The van der Waals surface area contributed by atoms with E-state index in [0.29, 0.717) is 11.0 Å². The summed E-state index contributed by atoms with van der Waals surface area (Å²) in [6, 6.07) is 3.22. The zero-order chi connectivity index (χ0) is 12.9. The van der Waals surface area contributed by atoms with E-state index in [1.807, 2.05) is 0 Å². The Balaban J connectivity index is 2.38. The molecule has 0 spiro atoms. The van der Waals surface area contributed by atoms with Gasteiger partial charge in [0, 0.05) is 29.9 Å². The molecule has 0 radical (unpaired) electrons. The molecule has 0 atom stereocenters. The first-order valence-electron chi connectivity index (χ1n) is 5.55. The van der Waals surface area contributed by atoms with E-state index >= 15 is 0 Å². The number of hydrogen-bond donors (Lipinski definition) is 0. The number of rotatable bonds is 2. The summed E-state index contributed by atoms with van der Waals surface area (Å²) in [4.78, 5) is 19.7. The number of aromatic nitrogens is 3. The third-order valence-corrected chi connectivity index (χ3v) is 3.75. The molecule has 18 heavy (non-hydrogen) atoms. The van der Waals surface area contributed by atoms with Crippen molar-refractivity contribution in [3.63, 3.8) is 0 Å². The van der Waals surface area contributed by atoms with Crippen molar-refractivity contribution in [2.45, 2.75) is 24.0 Å². The smallest absolute Gasteiger partial charge is 0.252 e. The molecule has 0 aliphatic heterocycles. The first kappa shape index (κ1) is 11.3. The van der Waals surface area contributed by atoms with Crippen LogP contribution in [0.4, 0.5) is 0 Å². The van der Waals surface area contributed by atoms with Gasteiger partial charge < -0.3 is 0 Å². The Morgan fingerprint density at radius 2 is 2.06 bits per heavy atom. The van der Waals surface area contributed by atoms with Crippen LogP contribution >= 0.6 is 0 Å². The largest absolute Gasteiger partial charge is 0.289 e. The van der Waals surface area contributed by atoms with E-state index in [2.05, 4.69) is 9.97 Å². The van der Waals surface area contributed by atoms with E-state index in [0.717, 1.165) is 19.1 Å². The molecule has 1 saturated carbocycles. The predicted octanol–water partition coefficient (Wildman–Crippen LogP) is 0.530. The molecule has 1 fully saturated rings. The van der Waals surface area contributed by atoms with Crippen molar-refractivity contribution < 1.29 is 8.42 Å². The van der Waals surface area contributed by atoms with Crippen LogP contribution in [-0.4, -0.2) is 29.2 Å². The van der Waals surface area contributed by atoms with E-state index in [1.165, 1.54) is 12.3 Å². The third-order valence-electron chi connectivity index (χ3n) is 2.89. The number of fused-ring (bicyclic) bond motifs is 1. The Labute approximate surface area is 103 Å². The van der Waals surface area contributed by atoms with Crippen LogP contribution in [0.1, 0.15) is 18.9 Å². The van der Waals surface area contributed by atoms with Gasteiger partial charge in [-0.1, -0.05) is 0 Å². The van der Waals surface area contributed by atoms with Crippen molar-refractivity contribution in [3.05, 3.63) is 28.7 Å². The average molecular weight is 265 g/mol. The zero-order valence-electron chi connectivity index (χ0n) is 9.70. The minimum Gasteiger partial charge on any atom is -0.289 e. The maximum atomic E-state index is 11.8. The van der Waals surface area contributed by atoms with Crippen LogP contribution < -0.4 is 5.56 Å². The van der Waals surface area contributed by atoms with Crippen LogP contribution in [0.2, 0.25) is 0 Å². The third kappa shape index (κ3) is 1.80. The summed E-state index contributed by atoms with van der Waals surface area (Å²) in [5.41, 5.74) is 0.253. The average Bonchev–Trinajstić information content (AvgIpc) is 3.11. The number of hydrogen-bond acceptors (Lipinski definition) is 5. The molecule has 0 saturated heterocycles. The second kappa shape index (κ2) is 3.61. The van der Waals surface area contributed by atoms with Crippen LogP contribution in [0.5, 0.6) is 0 Å². The highest BCUT2D eigenvalue weighted by Gasteiger charge is 2.27. The molecule has 0 N–H and O–H groups in total. The summed E-state index contributed by atoms with van der Waals surface area (Å²) in [5.74, 6) is 0. The minimum absolute atomic E-state index is 0.142. The maximum absolute atomic E-state index is 11.8. The summed E-state index contributed by atoms with van der Waals surface area (Å²) in [5, 5.41) is 0.434. The van der Waals surface area contributed by atoms with Crippen LogP contribution in [-0.2, 0) is 9.84 Å². The maximum Gasteiger partial charge on any atom is 0.252 e. The lowest BCUT2D eigenvalue weighted by Crippen LogP contribution is -2.20. The second-order valence-electron chi connectivity index (χ2n) is 4.48. The zero-order valence-corrected chi connectivity index (χ0v) is 10.5. The van der Waals surface area contributed by atoms with Gasteiger partial charge in [-0.15, -0.1) is 0 Å². The Morgan fingerprint density at radius 3 is 2.67 bits per heavy atom. The molecule has 94 valence electrons. The summed E-state index contributed by atoms with van der Waals surface area (Å²) >= 11 is 0. The molecule has 6 nitrogen and oxygen atoms in total. The highest BCUT2D eigenvalue weighted by molar-refractivity contribution is 7.90. The standard InChI is InChI=1S/C11H11N3O3S/c1-18(16,17)11-12-6-7-2-5-9(15)14(8-3-4-8)10(7)13-11/h2,5-6,8H,3-4H2,1H3. The molecule has 0 unspecified atom stereocenters. The van der Waals surface area contributed by atoms with Crippen LogP contribution in [0, 0.1) is 0 Å². The minimum atomic E-state index is -3.47. The molecule has 2 aromatic rings. The topological polar surface area (TPSA) is 81.9 Å². The summed E-state index contributed by atoms with van der Waals surface area (Å²) < 4.78 is 24.5. The van der Waals surface area contributed by atoms with Gasteiger partial charge in [0.25, 0.3) is 5.56 Å². The highest BCUT2D eigenvalue weighted by Crippen LogP contribution is 2.35. The fourth-order valence-electron chi connectivity index (χ4n) is 1.89. The van der Waals surface area contributed by atoms with Crippen molar-refractivity contribution in [1.29, 1.82) is 0 Å². The van der Waals surface area contributed by atoms with E-state index in [1.54, 1.807) is 10.6 Å². The first-order valence-corrected chi connectivity index (χ1v) is 7.44. The van der Waals surface area contributed by atoms with Gasteiger partial charge in [0.05, 0.1) is 0 Å². The molecule has 0 aromatic carbocycles. The van der Waals surface area contributed by atoms with Gasteiger partial charge in [0.15, 0.2) is 0 Å². The lowest BCUT2D eigenvalue weighted by atomic mass is 10.3. The fourth-order valence-corrected chi connectivity index (χ4v) is 2.38. The van der Waals surface area contributed by atoms with Crippen molar-refractivity contribution in [2.75, 3.05) is 6.26 Å². The number of nitrogens with zero attached hydrogens (tertiary/aromatic N) is 3. The van der Waals surface area contributed by atoms with Crippen molar-refractivity contribution in [1.82, 2.24) is 14.5 Å². The van der Waals surface area contributed by atoms with Gasteiger partial charge in [0.1, 0.15) is 5.65 Å². The molecule has 0 bridgehead atoms. The van der Waals surface area contributed by atoms with Gasteiger partial charge in [-0.05, 0) is 18.9 Å². The highest BCUT2D eigenvalue weighted by atomic mass is 32.2. The molecule has 1 aliphatic rings. The van der Waals surface area contributed by atoms with Gasteiger partial charge >= 0.3 is 0 Å². The lowest BCUT2D eigenvalue weighted by Gasteiger charge is -2.07. The Hall–Kier alpha value is -1.76. The van der Waals surface area contributed by atoms with Crippen molar-refractivity contribution >= 4 is 20.9 Å². The molecular formula is C11H11N3O3S. The van der Waals surface area contributed by atoms with Crippen LogP contribution in [0.25, 0.3) is 11.0 Å². The van der Waals surface area contributed by atoms with Crippen molar-refractivity contribution in [3.8, 4) is 0 Å². The van der Waals surface area contributed by atoms with Crippen LogP contribution in [0.3, 0.4) is 0 Å². The van der Waals surface area contributed by atoms with Crippen LogP contribution in [0.15, 0.2) is 28.3 Å². The molecule has 3 rings (SSSR count). The van der Waals surface area contributed by atoms with E-state index in [4.69, 9.17) is 0 Å². The monoisotopic (exact) mass is 265 g/mol. The van der Waals surface area contributed by atoms with E-state index in [9.17, 15) is 13.2 Å². The molecule has 1 aliphatic carbocycles. The Bertz CT molecular complexity index is 791. The molecule has 2 aromatic heterocycles. The lowest BCUT2D eigenvalue weighted by molar-refractivity contribution is 0.592. The van der Waals surface area contributed by atoms with E-state index < -0.39 is 9.84 Å². The summed E-state index contributed by atoms with van der Waals surface area (Å²) in [6.45, 7) is 0. The number of sulfone groups is 1. The van der Waals surface area contributed by atoms with E-state index in [-0.39, 0.29) is 16.8 Å². The normalized spacial score (nSPS) is 16.1. The van der Waals surface area contributed by atoms with Gasteiger partial charge in [0.2, 0.25) is 15.0 Å². The molecular weight excluding hydrogens is 254 g/mol. The van der Waals surface area contributed by atoms with Gasteiger partial charge in [-0.2, -0.15) is 4.98 Å².